The third-order valence-electron chi connectivity index (χ3n) is 7.54. The second-order valence-corrected chi connectivity index (χ2v) is 10.8. The highest BCUT2D eigenvalue weighted by Gasteiger charge is 2.51. The maximum Gasteiger partial charge on any atom is 0.494 e. The lowest BCUT2D eigenvalue weighted by Crippen LogP contribution is -2.41. The van der Waals surface area contributed by atoms with Crippen LogP contribution in [-0.2, 0) is 9.31 Å². The van der Waals surface area contributed by atoms with Crippen molar-refractivity contribution in [1.82, 2.24) is 15.0 Å². The molecular formula is C34H34BN3O2. The molecule has 1 aliphatic rings. The van der Waals surface area contributed by atoms with Crippen molar-refractivity contribution < 1.29 is 9.31 Å². The lowest BCUT2D eigenvalue weighted by molar-refractivity contribution is 0.00578. The average molecular weight is 527 g/mol. The summed E-state index contributed by atoms with van der Waals surface area (Å²) < 4.78 is 12.5. The predicted molar refractivity (Wildman–Crippen MR) is 165 cm³/mol. The molecule has 0 aliphatic carbocycles. The van der Waals surface area contributed by atoms with E-state index in [0.29, 0.717) is 17.5 Å². The number of hydrogen-bond acceptors (Lipinski definition) is 5. The predicted octanol–water partition coefficient (Wildman–Crippen LogP) is 7.32. The molecule has 1 fully saturated rings. The zero-order valence-corrected chi connectivity index (χ0v) is 23.8. The molecule has 0 bridgehead atoms. The molecule has 0 saturated carbocycles. The highest BCUT2D eigenvalue weighted by molar-refractivity contribution is 6.62. The Bertz CT molecular complexity index is 1560. The molecule has 200 valence electrons. The van der Waals surface area contributed by atoms with Crippen molar-refractivity contribution >= 4 is 18.2 Å². The van der Waals surface area contributed by atoms with Crippen LogP contribution in [0.2, 0.25) is 0 Å². The summed E-state index contributed by atoms with van der Waals surface area (Å²) in [4.78, 5) is 14.7. The van der Waals surface area contributed by atoms with E-state index in [0.717, 1.165) is 33.3 Å². The minimum Gasteiger partial charge on any atom is -0.399 e. The monoisotopic (exact) mass is 527 g/mol. The van der Waals surface area contributed by atoms with Gasteiger partial charge in [0, 0.05) is 16.7 Å². The van der Waals surface area contributed by atoms with E-state index in [4.69, 9.17) is 24.3 Å². The van der Waals surface area contributed by atoms with Gasteiger partial charge in [0.25, 0.3) is 0 Å². The Morgan fingerprint density at radius 3 is 1.95 bits per heavy atom. The summed E-state index contributed by atoms with van der Waals surface area (Å²) in [5, 5.41) is 0. The van der Waals surface area contributed by atoms with Crippen LogP contribution in [0.1, 0.15) is 40.4 Å². The van der Waals surface area contributed by atoms with Gasteiger partial charge in [-0.25, -0.2) is 15.0 Å². The lowest BCUT2D eigenvalue weighted by Gasteiger charge is -2.32. The molecule has 1 aromatic heterocycles. The van der Waals surface area contributed by atoms with E-state index in [9.17, 15) is 0 Å². The van der Waals surface area contributed by atoms with Crippen LogP contribution in [0.3, 0.4) is 0 Å². The molecule has 6 heteroatoms. The van der Waals surface area contributed by atoms with Gasteiger partial charge in [-0.15, -0.1) is 0 Å². The largest absolute Gasteiger partial charge is 0.494 e. The van der Waals surface area contributed by atoms with Gasteiger partial charge in [-0.1, -0.05) is 104 Å². The van der Waals surface area contributed by atoms with Crippen molar-refractivity contribution in [2.75, 3.05) is 0 Å². The SMILES string of the molecule is C=C/C=C\C(=C/C)c1nc(-c2ccc(B3OC(C)(C)C(C)(C)O3)cc2)nc(-c2cccc(-c3ccccc3)c2)n1. The standard InChI is InChI=1S/C34H34BN3O2/c1-7-9-14-24(8-2)30-36-31(26-19-21-29(22-20-26)35-39-33(3,4)34(5,6)40-35)38-32(37-30)28-18-13-17-27(23-28)25-15-11-10-12-16-25/h7-23H,1H2,2-6H3/b14-9-,24-8+. The molecule has 0 radical (unpaired) electrons. The highest BCUT2D eigenvalue weighted by atomic mass is 16.7. The van der Waals surface area contributed by atoms with Crippen LogP contribution in [0.4, 0.5) is 0 Å². The first-order valence-corrected chi connectivity index (χ1v) is 13.5. The van der Waals surface area contributed by atoms with Crippen LogP contribution >= 0.6 is 0 Å². The van der Waals surface area contributed by atoms with Crippen LogP contribution in [0, 0.1) is 0 Å². The minimum atomic E-state index is -0.428. The Hall–Kier alpha value is -4.13. The Morgan fingerprint density at radius 2 is 1.32 bits per heavy atom. The molecule has 3 aromatic carbocycles. The summed E-state index contributed by atoms with van der Waals surface area (Å²) >= 11 is 0. The van der Waals surface area contributed by atoms with Crippen LogP contribution < -0.4 is 5.46 Å². The molecule has 0 spiro atoms. The van der Waals surface area contributed by atoms with Crippen molar-refractivity contribution in [3.05, 3.63) is 116 Å². The number of benzene rings is 3. The molecule has 4 aromatic rings. The fourth-order valence-corrected chi connectivity index (χ4v) is 4.47. The van der Waals surface area contributed by atoms with E-state index < -0.39 is 18.3 Å². The second-order valence-electron chi connectivity index (χ2n) is 10.8. The summed E-state index contributed by atoms with van der Waals surface area (Å²) in [6.45, 7) is 14.0. The first kappa shape index (κ1) is 27.4. The maximum atomic E-state index is 6.24. The molecule has 5 rings (SSSR count). The quantitative estimate of drug-likeness (QED) is 0.186. The Balaban J connectivity index is 1.56. The normalized spacial score (nSPS) is 16.4. The van der Waals surface area contributed by atoms with Crippen LogP contribution in [0.5, 0.6) is 0 Å². The van der Waals surface area contributed by atoms with Gasteiger partial charge in [-0.2, -0.15) is 0 Å². The highest BCUT2D eigenvalue weighted by Crippen LogP contribution is 2.36. The van der Waals surface area contributed by atoms with Gasteiger partial charge < -0.3 is 9.31 Å². The average Bonchev–Trinajstić information content (AvgIpc) is 3.20. The zero-order chi connectivity index (χ0) is 28.3. The molecule has 0 unspecified atom stereocenters. The molecule has 1 saturated heterocycles. The van der Waals surface area contributed by atoms with Crippen molar-refractivity contribution in [3.63, 3.8) is 0 Å². The number of allylic oxidation sites excluding steroid dienone is 5. The van der Waals surface area contributed by atoms with Crippen LogP contribution in [-0.4, -0.2) is 33.3 Å². The number of aromatic nitrogens is 3. The lowest BCUT2D eigenvalue weighted by atomic mass is 9.79. The smallest absolute Gasteiger partial charge is 0.399 e. The summed E-state index contributed by atoms with van der Waals surface area (Å²) in [7, 11) is -0.428. The summed E-state index contributed by atoms with van der Waals surface area (Å²) in [5.74, 6) is 1.80. The number of hydrogen-bond donors (Lipinski definition) is 0. The van der Waals surface area contributed by atoms with Crippen molar-refractivity contribution in [2.24, 2.45) is 0 Å². The summed E-state index contributed by atoms with van der Waals surface area (Å²) in [5.41, 5.74) is 5.09. The van der Waals surface area contributed by atoms with Gasteiger partial charge in [-0.05, 0) is 57.3 Å². The second kappa shape index (κ2) is 11.2. The van der Waals surface area contributed by atoms with Gasteiger partial charge in [0.1, 0.15) is 0 Å². The first-order chi connectivity index (χ1) is 19.2. The third-order valence-corrected chi connectivity index (χ3v) is 7.54. The van der Waals surface area contributed by atoms with E-state index in [-0.39, 0.29) is 0 Å². The van der Waals surface area contributed by atoms with E-state index in [1.165, 1.54) is 0 Å². The molecular weight excluding hydrogens is 493 g/mol. The van der Waals surface area contributed by atoms with E-state index >= 15 is 0 Å². The third kappa shape index (κ3) is 5.60. The molecule has 0 amide bonds. The Morgan fingerprint density at radius 1 is 0.725 bits per heavy atom. The van der Waals surface area contributed by atoms with Gasteiger partial charge in [0.05, 0.1) is 11.2 Å². The summed E-state index contributed by atoms with van der Waals surface area (Å²) in [6, 6.07) is 26.6. The summed E-state index contributed by atoms with van der Waals surface area (Å²) in [6.07, 6.45) is 7.57. The molecule has 40 heavy (non-hydrogen) atoms. The van der Waals surface area contributed by atoms with Gasteiger partial charge in [-0.3, -0.25) is 0 Å². The molecule has 0 atom stereocenters. The first-order valence-electron chi connectivity index (χ1n) is 13.5. The zero-order valence-electron chi connectivity index (χ0n) is 23.8. The minimum absolute atomic E-state index is 0.398. The fraction of sp³-hybridized carbons (Fsp3) is 0.206. The molecule has 0 N–H and O–H groups in total. The molecule has 1 aliphatic heterocycles. The number of rotatable bonds is 7. The van der Waals surface area contributed by atoms with Crippen LogP contribution in [0.15, 0.2) is 110 Å². The molecule has 5 nitrogen and oxygen atoms in total. The van der Waals surface area contributed by atoms with Crippen LogP contribution in [0.25, 0.3) is 39.5 Å². The fourth-order valence-electron chi connectivity index (χ4n) is 4.47. The van der Waals surface area contributed by atoms with Crippen molar-refractivity contribution in [2.45, 2.75) is 45.8 Å². The molecule has 2 heterocycles. The van der Waals surface area contributed by atoms with Gasteiger partial charge >= 0.3 is 7.12 Å². The van der Waals surface area contributed by atoms with E-state index in [1.54, 1.807) is 6.08 Å². The van der Waals surface area contributed by atoms with E-state index in [1.807, 2.05) is 79.7 Å². The maximum absolute atomic E-state index is 6.24. The van der Waals surface area contributed by atoms with Gasteiger partial charge in [0.15, 0.2) is 17.5 Å². The van der Waals surface area contributed by atoms with Gasteiger partial charge in [0.2, 0.25) is 0 Å². The van der Waals surface area contributed by atoms with E-state index in [2.05, 4.69) is 58.5 Å². The van der Waals surface area contributed by atoms with Crippen molar-refractivity contribution in [3.8, 4) is 33.9 Å². The Kier molecular flexibility index (Phi) is 7.66. The Labute approximate surface area is 237 Å². The topological polar surface area (TPSA) is 57.1 Å². The van der Waals surface area contributed by atoms with Crippen molar-refractivity contribution in [1.29, 1.82) is 0 Å². The number of nitrogens with zero attached hydrogens (tertiary/aromatic N) is 3.